The lowest BCUT2D eigenvalue weighted by Crippen LogP contribution is -2.70. The van der Waals surface area contributed by atoms with Crippen molar-refractivity contribution in [3.8, 4) is 0 Å². The van der Waals surface area contributed by atoms with Crippen LogP contribution in [0.15, 0.2) is 53.6 Å². The summed E-state index contributed by atoms with van der Waals surface area (Å²) in [6.07, 6.45) is 4.20. The van der Waals surface area contributed by atoms with Gasteiger partial charge in [0.05, 0.1) is 27.4 Å². The number of β-lactam (4-membered cyclic amide) rings is 1. The van der Waals surface area contributed by atoms with Crippen molar-refractivity contribution in [3.05, 3.63) is 84.2 Å². The van der Waals surface area contributed by atoms with E-state index in [1.54, 1.807) is 17.5 Å². The highest BCUT2D eigenvalue weighted by atomic mass is 32.2. The molecule has 0 aliphatic carbocycles. The predicted octanol–water partition coefficient (Wildman–Crippen LogP) is 2.73. The van der Waals surface area contributed by atoms with Gasteiger partial charge in [-0.1, -0.05) is 18.2 Å². The van der Waals surface area contributed by atoms with Crippen LogP contribution in [0, 0.1) is 20.2 Å². The third-order valence-corrected chi connectivity index (χ3v) is 7.52. The first kappa shape index (κ1) is 24.1. The highest BCUT2D eigenvalue weighted by Crippen LogP contribution is 2.38. The van der Waals surface area contributed by atoms with E-state index in [-0.39, 0.29) is 11.3 Å². The number of aliphatic carboxylic acids is 1. The number of non-ortho nitro benzene ring substituents is 1. The number of nitro groups is 2. The Balaban J connectivity index is 1.57. The quantitative estimate of drug-likeness (QED) is 0.304. The van der Waals surface area contributed by atoms with Gasteiger partial charge in [-0.2, -0.15) is 0 Å². The summed E-state index contributed by atoms with van der Waals surface area (Å²) >= 11 is 2.59. The minimum absolute atomic E-state index is 0.0694. The smallest absolute Gasteiger partial charge is 0.352 e. The second-order valence-corrected chi connectivity index (χ2v) is 9.55. The van der Waals surface area contributed by atoms with E-state index < -0.39 is 56.3 Å². The standard InChI is InChI=1S/C21H16N4O8S2/c26-18(22-17-19(27)23-14(21(28)29)7-9-35-20(17)23)13(16-2-1-8-34-16)6-4-11-3-5-12(24(30)31)10-15(11)25(32)33/h1-8,10,13,17,20H,9H2,(H,22,26)(H,28,29)/b6-4+/t13?,17-,20-/m1/s1. The van der Waals surface area contributed by atoms with Crippen LogP contribution in [0.1, 0.15) is 16.4 Å². The fraction of sp³-hybridized carbons (Fsp3) is 0.190. The van der Waals surface area contributed by atoms with Crippen LogP contribution in [0.3, 0.4) is 0 Å². The number of hydrogen-bond donors (Lipinski definition) is 2. The minimum Gasteiger partial charge on any atom is -0.477 e. The maximum absolute atomic E-state index is 13.2. The number of thioether (sulfide) groups is 1. The van der Waals surface area contributed by atoms with E-state index in [1.165, 1.54) is 47.4 Å². The average molecular weight is 517 g/mol. The van der Waals surface area contributed by atoms with E-state index in [2.05, 4.69) is 5.32 Å². The molecule has 2 aliphatic rings. The Morgan fingerprint density at radius 3 is 2.63 bits per heavy atom. The summed E-state index contributed by atoms with van der Waals surface area (Å²) in [6, 6.07) is 5.69. The molecular formula is C21H16N4O8S2. The lowest BCUT2D eigenvalue weighted by atomic mass is 10.0. The summed E-state index contributed by atoms with van der Waals surface area (Å²) in [6.45, 7) is 0. The normalized spacial score (nSPS) is 19.9. The molecule has 0 bridgehead atoms. The van der Waals surface area contributed by atoms with Crippen molar-refractivity contribution in [1.82, 2.24) is 10.2 Å². The Morgan fingerprint density at radius 1 is 1.23 bits per heavy atom. The zero-order valence-corrected chi connectivity index (χ0v) is 19.2. The number of carboxylic acid groups (broad SMARTS) is 1. The number of nitrogens with one attached hydrogen (secondary N) is 1. The van der Waals surface area contributed by atoms with E-state index in [9.17, 15) is 39.7 Å². The van der Waals surface area contributed by atoms with Gasteiger partial charge in [0.25, 0.3) is 17.3 Å². The summed E-state index contributed by atoms with van der Waals surface area (Å²) in [4.78, 5) is 59.8. The van der Waals surface area contributed by atoms with Gasteiger partial charge >= 0.3 is 5.97 Å². The monoisotopic (exact) mass is 516 g/mol. The molecule has 1 aromatic heterocycles. The number of nitro benzene ring substituents is 2. The summed E-state index contributed by atoms with van der Waals surface area (Å²) in [5.41, 5.74) is -0.976. The second kappa shape index (κ2) is 9.68. The van der Waals surface area contributed by atoms with Crippen molar-refractivity contribution >= 4 is 58.3 Å². The molecule has 2 N–H and O–H groups in total. The molecule has 1 aromatic carbocycles. The van der Waals surface area contributed by atoms with Crippen LogP contribution in [0.25, 0.3) is 6.08 Å². The largest absolute Gasteiger partial charge is 0.477 e. The minimum atomic E-state index is -1.22. The van der Waals surface area contributed by atoms with Gasteiger partial charge in [-0.3, -0.25) is 34.7 Å². The Hall–Kier alpha value is -4.04. The molecular weight excluding hydrogens is 500 g/mol. The summed E-state index contributed by atoms with van der Waals surface area (Å²) < 4.78 is 0. The van der Waals surface area contributed by atoms with Crippen molar-refractivity contribution in [2.24, 2.45) is 0 Å². The van der Waals surface area contributed by atoms with Crippen LogP contribution in [0.2, 0.25) is 0 Å². The van der Waals surface area contributed by atoms with Crippen LogP contribution >= 0.6 is 23.1 Å². The van der Waals surface area contributed by atoms with Gasteiger partial charge in [0, 0.05) is 16.7 Å². The maximum atomic E-state index is 13.2. The van der Waals surface area contributed by atoms with Crippen LogP contribution in [-0.4, -0.2) is 54.8 Å². The second-order valence-electron chi connectivity index (χ2n) is 7.42. The Labute approximate surface area is 205 Å². The number of hydrogen-bond acceptors (Lipinski definition) is 9. The third kappa shape index (κ3) is 4.65. The zero-order valence-electron chi connectivity index (χ0n) is 17.6. The Bertz CT molecular complexity index is 1290. The average Bonchev–Trinajstić information content (AvgIpc) is 3.36. The van der Waals surface area contributed by atoms with Gasteiger partial charge in [0.1, 0.15) is 17.1 Å². The van der Waals surface area contributed by atoms with Crippen LogP contribution < -0.4 is 5.32 Å². The fourth-order valence-corrected chi connectivity index (χ4v) is 5.70. The van der Waals surface area contributed by atoms with Gasteiger partial charge in [-0.25, -0.2) is 4.79 Å². The number of nitrogens with zero attached hydrogens (tertiary/aromatic N) is 3. The molecule has 180 valence electrons. The number of carbonyl (C=O) groups excluding carboxylic acids is 2. The molecule has 35 heavy (non-hydrogen) atoms. The van der Waals surface area contributed by atoms with Gasteiger partial charge in [-0.05, 0) is 23.6 Å². The molecule has 2 aliphatic heterocycles. The summed E-state index contributed by atoms with van der Waals surface area (Å²) in [7, 11) is 0. The molecule has 2 amide bonds. The van der Waals surface area contributed by atoms with Crippen molar-refractivity contribution in [2.45, 2.75) is 17.3 Å². The van der Waals surface area contributed by atoms with Gasteiger partial charge < -0.3 is 10.4 Å². The fourth-order valence-electron chi connectivity index (χ4n) is 3.71. The first-order chi connectivity index (χ1) is 16.7. The molecule has 1 fully saturated rings. The zero-order chi connectivity index (χ0) is 25.3. The molecule has 14 heteroatoms. The topological polar surface area (TPSA) is 173 Å². The van der Waals surface area contributed by atoms with Crippen LogP contribution in [0.5, 0.6) is 0 Å². The number of benzene rings is 1. The van der Waals surface area contributed by atoms with E-state index >= 15 is 0 Å². The van der Waals surface area contributed by atoms with Crippen molar-refractivity contribution in [2.75, 3.05) is 5.75 Å². The molecule has 3 heterocycles. The molecule has 2 aromatic rings. The lowest BCUT2D eigenvalue weighted by Gasteiger charge is -2.48. The van der Waals surface area contributed by atoms with E-state index in [0.29, 0.717) is 10.6 Å². The van der Waals surface area contributed by atoms with Crippen LogP contribution in [-0.2, 0) is 14.4 Å². The number of fused-ring (bicyclic) bond motifs is 1. The molecule has 1 unspecified atom stereocenters. The van der Waals surface area contributed by atoms with E-state index in [1.807, 2.05) is 0 Å². The van der Waals surface area contributed by atoms with Crippen molar-refractivity contribution in [3.63, 3.8) is 0 Å². The first-order valence-corrected chi connectivity index (χ1v) is 11.9. The summed E-state index contributed by atoms with van der Waals surface area (Å²) in [5.74, 6) is -2.84. The number of thiophene rings is 1. The first-order valence-electron chi connectivity index (χ1n) is 10.0. The molecule has 0 spiro atoms. The van der Waals surface area contributed by atoms with E-state index in [4.69, 9.17) is 0 Å². The van der Waals surface area contributed by atoms with E-state index in [0.717, 1.165) is 17.0 Å². The third-order valence-electron chi connectivity index (χ3n) is 5.39. The Morgan fingerprint density at radius 2 is 2.00 bits per heavy atom. The molecule has 1 saturated heterocycles. The predicted molar refractivity (Wildman–Crippen MR) is 127 cm³/mol. The van der Waals surface area contributed by atoms with Crippen molar-refractivity contribution in [1.29, 1.82) is 0 Å². The molecule has 4 rings (SSSR count). The number of carboxylic acids is 1. The highest BCUT2D eigenvalue weighted by Gasteiger charge is 2.53. The van der Waals surface area contributed by atoms with Crippen LogP contribution in [0.4, 0.5) is 11.4 Å². The summed E-state index contributed by atoms with van der Waals surface area (Å²) in [5, 5.41) is 35.5. The Kier molecular flexibility index (Phi) is 6.66. The molecule has 0 radical (unpaired) electrons. The lowest BCUT2D eigenvalue weighted by molar-refractivity contribution is -0.394. The van der Waals surface area contributed by atoms with Gasteiger partial charge in [-0.15, -0.1) is 23.1 Å². The SMILES string of the molecule is O=C(O)C1=CCS[C@@H]2[C@H](NC(=O)C(/C=C/c3ccc([N+](=O)[O-])cc3[N+](=O)[O-])c3cccs3)C(=O)N12. The van der Waals surface area contributed by atoms with Gasteiger partial charge in [0.2, 0.25) is 5.91 Å². The molecule has 12 nitrogen and oxygen atoms in total. The van der Waals surface area contributed by atoms with Gasteiger partial charge in [0.15, 0.2) is 0 Å². The molecule has 3 atom stereocenters. The maximum Gasteiger partial charge on any atom is 0.352 e. The molecule has 0 saturated carbocycles. The number of carbonyl (C=O) groups is 3. The highest BCUT2D eigenvalue weighted by molar-refractivity contribution is 8.00. The number of amides is 2. The van der Waals surface area contributed by atoms with Crippen molar-refractivity contribution < 1.29 is 29.3 Å². The number of rotatable bonds is 8.